The van der Waals surface area contributed by atoms with Crippen LogP contribution in [0.2, 0.25) is 0 Å². The van der Waals surface area contributed by atoms with Crippen molar-refractivity contribution in [2.75, 3.05) is 9.80 Å². The summed E-state index contributed by atoms with van der Waals surface area (Å²) in [6, 6.07) is 107. The summed E-state index contributed by atoms with van der Waals surface area (Å²) in [5.41, 5.74) is 23.4. The Bertz CT molecular complexity index is 4050. The smallest absolute Gasteiger partial charge is 0.135 e. The van der Waals surface area contributed by atoms with Crippen molar-refractivity contribution in [3.05, 3.63) is 309 Å². The average molecular weight is 985 g/mol. The molecule has 0 bridgehead atoms. The molecule has 0 radical (unpaired) electrons. The Morgan fingerprint density at radius 3 is 0.844 bits per heavy atom. The van der Waals surface area contributed by atoms with Gasteiger partial charge in [0.25, 0.3) is 0 Å². The number of hydrogen-bond acceptors (Lipinski definition) is 3. The number of furan rings is 1. The molecule has 0 aliphatic heterocycles. The fraction of sp³-hybridized carbons (Fsp3) is 0. The summed E-state index contributed by atoms with van der Waals surface area (Å²) in [5, 5.41) is 2.25. The maximum absolute atomic E-state index is 6.16. The van der Waals surface area contributed by atoms with Crippen molar-refractivity contribution in [3.63, 3.8) is 0 Å². The molecule has 1 aromatic heterocycles. The summed E-state index contributed by atoms with van der Waals surface area (Å²) in [4.78, 5) is 4.68. The molecule has 3 heteroatoms. The first-order chi connectivity index (χ1) is 38.1. The van der Waals surface area contributed by atoms with Crippen LogP contribution >= 0.6 is 0 Å². The highest BCUT2D eigenvalue weighted by Crippen LogP contribution is 2.41. The quantitative estimate of drug-likeness (QED) is 0.115. The van der Waals surface area contributed by atoms with E-state index < -0.39 is 0 Å². The van der Waals surface area contributed by atoms with Gasteiger partial charge in [-0.2, -0.15) is 0 Å². The lowest BCUT2D eigenvalue weighted by atomic mass is 9.99. The Labute approximate surface area is 450 Å². The second-order valence-electron chi connectivity index (χ2n) is 19.4. The van der Waals surface area contributed by atoms with Gasteiger partial charge in [0.05, 0.1) is 0 Å². The summed E-state index contributed by atoms with van der Waals surface area (Å²) in [7, 11) is 0. The third kappa shape index (κ3) is 9.51. The van der Waals surface area contributed by atoms with Gasteiger partial charge >= 0.3 is 0 Å². The summed E-state index contributed by atoms with van der Waals surface area (Å²) >= 11 is 0. The van der Waals surface area contributed by atoms with Crippen molar-refractivity contribution >= 4 is 62.1 Å². The van der Waals surface area contributed by atoms with Gasteiger partial charge in [0.15, 0.2) is 0 Å². The first-order valence-electron chi connectivity index (χ1n) is 26.2. The van der Waals surface area contributed by atoms with Crippen LogP contribution in [0.3, 0.4) is 0 Å². The van der Waals surface area contributed by atoms with Gasteiger partial charge in [-0.25, -0.2) is 0 Å². The Morgan fingerprint density at radius 1 is 0.234 bits per heavy atom. The predicted octanol–water partition coefficient (Wildman–Crippen LogP) is 21.2. The minimum atomic E-state index is 0.895. The van der Waals surface area contributed by atoms with Crippen molar-refractivity contribution in [2.24, 2.45) is 0 Å². The third-order valence-electron chi connectivity index (χ3n) is 14.7. The number of rotatable bonds is 13. The van der Waals surface area contributed by atoms with E-state index in [1.165, 1.54) is 38.9 Å². The predicted molar refractivity (Wildman–Crippen MR) is 326 cm³/mol. The highest BCUT2D eigenvalue weighted by atomic mass is 16.3. The van der Waals surface area contributed by atoms with Crippen LogP contribution in [0.4, 0.5) is 34.1 Å². The molecule has 0 atom stereocenters. The molecule has 13 aromatic rings. The molecule has 1 heterocycles. The van der Waals surface area contributed by atoms with E-state index in [1.54, 1.807) is 0 Å². The van der Waals surface area contributed by atoms with E-state index in [4.69, 9.17) is 4.42 Å². The Morgan fingerprint density at radius 2 is 0.494 bits per heavy atom. The molecule has 77 heavy (non-hydrogen) atoms. The summed E-state index contributed by atoms with van der Waals surface area (Å²) in [6.45, 7) is 3.90. The van der Waals surface area contributed by atoms with Gasteiger partial charge in [0.2, 0.25) is 0 Å². The second kappa shape index (κ2) is 20.6. The van der Waals surface area contributed by atoms with Crippen LogP contribution in [0.1, 0.15) is 5.56 Å². The van der Waals surface area contributed by atoms with Crippen LogP contribution in [0.15, 0.2) is 308 Å². The zero-order valence-electron chi connectivity index (χ0n) is 42.4. The molecule has 0 amide bonds. The van der Waals surface area contributed by atoms with Gasteiger partial charge in [-0.1, -0.05) is 219 Å². The first kappa shape index (κ1) is 46.6. The topological polar surface area (TPSA) is 19.6 Å². The normalized spacial score (nSPS) is 11.2. The molecule has 0 N–H and O–H groups in total. The molecule has 0 spiro atoms. The van der Waals surface area contributed by atoms with Crippen molar-refractivity contribution in [2.45, 2.75) is 0 Å². The Balaban J connectivity index is 0.811. The lowest BCUT2D eigenvalue weighted by molar-refractivity contribution is 0.669. The van der Waals surface area contributed by atoms with Crippen LogP contribution in [-0.2, 0) is 0 Å². The molecule has 0 aliphatic rings. The van der Waals surface area contributed by atoms with Crippen LogP contribution in [0.25, 0.3) is 94.8 Å². The van der Waals surface area contributed by atoms with Crippen molar-refractivity contribution < 1.29 is 4.42 Å². The lowest BCUT2D eigenvalue weighted by Crippen LogP contribution is -2.10. The second-order valence-corrected chi connectivity index (χ2v) is 19.4. The van der Waals surface area contributed by atoms with Crippen LogP contribution in [-0.4, -0.2) is 0 Å². The molecular formula is C74H52N2O. The summed E-state index contributed by atoms with van der Waals surface area (Å²) in [5.74, 6) is 0. The van der Waals surface area contributed by atoms with Crippen LogP contribution < -0.4 is 9.80 Å². The maximum Gasteiger partial charge on any atom is 0.135 e. The fourth-order valence-electron chi connectivity index (χ4n) is 10.5. The molecule has 0 saturated heterocycles. The first-order valence-corrected chi connectivity index (χ1v) is 26.2. The number of hydrogen-bond donors (Lipinski definition) is 0. The highest BCUT2D eigenvalue weighted by Gasteiger charge is 2.17. The fourth-order valence-corrected chi connectivity index (χ4v) is 10.5. The van der Waals surface area contributed by atoms with E-state index in [0.29, 0.717) is 0 Å². The molecule has 0 saturated carbocycles. The van der Waals surface area contributed by atoms with Crippen LogP contribution in [0.5, 0.6) is 0 Å². The Kier molecular flexibility index (Phi) is 12.5. The molecule has 0 unspecified atom stereocenters. The lowest BCUT2D eigenvalue weighted by Gasteiger charge is -2.27. The number of fused-ring (bicyclic) bond motifs is 3. The molecule has 12 aromatic carbocycles. The SMILES string of the molecule is C=Cc1ccc(-c2ccc(-c3ccc(N(c4ccc(-c5ccc(N(c6ccc(-c7ccccc7)cc6)c6ccc(-c7ccccc7)cc6)cc5)cc4)c4ccc(-c5ccc6oc7ccccc7c6c5)cc4)cc3)cc2)cc1. The largest absolute Gasteiger partial charge is 0.456 e. The van der Waals surface area contributed by atoms with E-state index in [0.717, 1.165) is 89.4 Å². The average Bonchev–Trinajstić information content (AvgIpc) is 3.92. The van der Waals surface area contributed by atoms with Gasteiger partial charge in [0.1, 0.15) is 11.2 Å². The monoisotopic (exact) mass is 984 g/mol. The number of anilines is 6. The molecule has 0 aliphatic carbocycles. The van der Waals surface area contributed by atoms with E-state index in [9.17, 15) is 0 Å². The van der Waals surface area contributed by atoms with Gasteiger partial charge < -0.3 is 14.2 Å². The zero-order chi connectivity index (χ0) is 51.5. The number of para-hydroxylation sites is 1. The van der Waals surface area contributed by atoms with Crippen molar-refractivity contribution in [3.8, 4) is 66.8 Å². The molecule has 0 fully saturated rings. The standard InChI is InChI=1S/C74H52N2O/c1-2-52-17-19-55(20-18-52)56-21-23-57(24-22-56)60-29-42-67(43-30-60)76(70-48-35-63(36-49-70)64-37-50-74-72(51-64)71-15-9-10-16-73(71)77-74)69-46-33-62(34-47-69)61-31-44-68(45-32-61)75(65-38-25-58(26-39-65)53-11-5-3-6-12-53)66-40-27-59(28-41-66)54-13-7-4-8-14-54/h2-51H,1H2. The zero-order valence-corrected chi connectivity index (χ0v) is 42.4. The van der Waals surface area contributed by atoms with Crippen molar-refractivity contribution in [1.29, 1.82) is 0 Å². The highest BCUT2D eigenvalue weighted by molar-refractivity contribution is 6.06. The van der Waals surface area contributed by atoms with Gasteiger partial charge in [-0.15, -0.1) is 0 Å². The third-order valence-corrected chi connectivity index (χ3v) is 14.7. The van der Waals surface area contributed by atoms with E-state index in [-0.39, 0.29) is 0 Å². The Hall–Kier alpha value is -10.2. The molecule has 364 valence electrons. The van der Waals surface area contributed by atoms with Crippen molar-refractivity contribution in [1.82, 2.24) is 0 Å². The summed E-state index contributed by atoms with van der Waals surface area (Å²) < 4.78 is 6.16. The summed E-state index contributed by atoms with van der Waals surface area (Å²) in [6.07, 6.45) is 1.88. The number of benzene rings is 12. The minimum absolute atomic E-state index is 0.895. The van der Waals surface area contributed by atoms with Crippen LogP contribution in [0, 0.1) is 0 Å². The van der Waals surface area contributed by atoms with Gasteiger partial charge in [-0.3, -0.25) is 0 Å². The van der Waals surface area contributed by atoms with E-state index in [1.807, 2.05) is 18.2 Å². The minimum Gasteiger partial charge on any atom is -0.456 e. The van der Waals surface area contributed by atoms with E-state index >= 15 is 0 Å². The number of nitrogens with zero attached hydrogens (tertiary/aromatic N) is 2. The van der Waals surface area contributed by atoms with E-state index in [2.05, 4.69) is 301 Å². The van der Waals surface area contributed by atoms with Gasteiger partial charge in [-0.05, 0) is 163 Å². The molecule has 13 rings (SSSR count). The molecule has 3 nitrogen and oxygen atoms in total. The maximum atomic E-state index is 6.16. The van der Waals surface area contributed by atoms with Gasteiger partial charge in [0, 0.05) is 44.9 Å². The molecular weight excluding hydrogens is 933 g/mol.